The van der Waals surface area contributed by atoms with Crippen LogP contribution in [0.25, 0.3) is 0 Å². The van der Waals surface area contributed by atoms with E-state index in [1.807, 2.05) is 7.11 Å². The fourth-order valence-corrected chi connectivity index (χ4v) is 1.81. The maximum atomic E-state index is 5.30. The molecule has 1 atom stereocenters. The van der Waals surface area contributed by atoms with Crippen LogP contribution in [0.4, 0.5) is 0 Å². The molecule has 0 radical (unpaired) electrons. The fourth-order valence-electron chi connectivity index (χ4n) is 1.81. The standard InChI is InChI=1S/C8H16N2O.2ClH/c1-11-8-2-3-10(6-8)7-4-9-5-7;;/h7-9H,2-6H2,1H3;2*1H. The molecule has 2 aliphatic heterocycles. The first-order chi connectivity index (χ1) is 5.40. The molecule has 2 rings (SSSR count). The van der Waals surface area contributed by atoms with Crippen LogP contribution in [-0.4, -0.2) is 50.3 Å². The number of methoxy groups -OCH3 is 1. The van der Waals surface area contributed by atoms with Crippen LogP contribution in [-0.2, 0) is 4.74 Å². The van der Waals surface area contributed by atoms with Crippen molar-refractivity contribution in [3.8, 4) is 0 Å². The lowest BCUT2D eigenvalue weighted by Crippen LogP contribution is -2.56. The van der Waals surface area contributed by atoms with Gasteiger partial charge in [0.1, 0.15) is 0 Å². The van der Waals surface area contributed by atoms with E-state index in [1.165, 1.54) is 26.1 Å². The molecule has 3 nitrogen and oxygen atoms in total. The van der Waals surface area contributed by atoms with E-state index in [0.717, 1.165) is 12.6 Å². The van der Waals surface area contributed by atoms with E-state index in [-0.39, 0.29) is 24.8 Å². The second kappa shape index (κ2) is 6.04. The van der Waals surface area contributed by atoms with E-state index in [1.54, 1.807) is 0 Å². The molecule has 2 heterocycles. The van der Waals surface area contributed by atoms with Crippen molar-refractivity contribution in [2.24, 2.45) is 0 Å². The lowest BCUT2D eigenvalue weighted by molar-refractivity contribution is 0.0930. The van der Waals surface area contributed by atoms with Crippen molar-refractivity contribution in [3.05, 3.63) is 0 Å². The Morgan fingerprint density at radius 1 is 1.31 bits per heavy atom. The summed E-state index contributed by atoms with van der Waals surface area (Å²) in [6.07, 6.45) is 1.71. The molecular weight excluding hydrogens is 211 g/mol. The first-order valence-electron chi connectivity index (χ1n) is 4.37. The molecule has 2 saturated heterocycles. The van der Waals surface area contributed by atoms with Crippen LogP contribution in [0.3, 0.4) is 0 Å². The van der Waals surface area contributed by atoms with Crippen LogP contribution in [0.1, 0.15) is 6.42 Å². The molecule has 5 heteroatoms. The van der Waals surface area contributed by atoms with Crippen molar-refractivity contribution in [3.63, 3.8) is 0 Å². The van der Waals surface area contributed by atoms with Crippen LogP contribution < -0.4 is 5.32 Å². The molecule has 0 bridgehead atoms. The van der Waals surface area contributed by atoms with Gasteiger partial charge in [0, 0.05) is 39.3 Å². The smallest absolute Gasteiger partial charge is 0.0710 e. The number of nitrogens with one attached hydrogen (secondary N) is 1. The summed E-state index contributed by atoms with van der Waals surface area (Å²) < 4.78 is 5.30. The largest absolute Gasteiger partial charge is 0.380 e. The molecule has 0 spiro atoms. The monoisotopic (exact) mass is 228 g/mol. The molecule has 80 valence electrons. The van der Waals surface area contributed by atoms with Gasteiger partial charge in [0.05, 0.1) is 6.10 Å². The van der Waals surface area contributed by atoms with Crippen molar-refractivity contribution >= 4 is 24.8 Å². The molecule has 0 aliphatic carbocycles. The summed E-state index contributed by atoms with van der Waals surface area (Å²) in [4.78, 5) is 2.53. The van der Waals surface area contributed by atoms with Crippen LogP contribution in [0.2, 0.25) is 0 Å². The summed E-state index contributed by atoms with van der Waals surface area (Å²) in [5.41, 5.74) is 0. The molecule has 2 aliphatic rings. The van der Waals surface area contributed by atoms with Crippen molar-refractivity contribution in [1.29, 1.82) is 0 Å². The Kier molecular flexibility index (Phi) is 6.25. The third kappa shape index (κ3) is 2.96. The van der Waals surface area contributed by atoms with Crippen molar-refractivity contribution in [2.45, 2.75) is 18.6 Å². The molecule has 13 heavy (non-hydrogen) atoms. The van der Waals surface area contributed by atoms with E-state index >= 15 is 0 Å². The highest BCUT2D eigenvalue weighted by molar-refractivity contribution is 5.85. The second-order valence-electron chi connectivity index (χ2n) is 3.45. The Bertz CT molecular complexity index is 144. The van der Waals surface area contributed by atoms with Gasteiger partial charge in [0.15, 0.2) is 0 Å². The minimum absolute atomic E-state index is 0. The molecule has 0 saturated carbocycles. The zero-order valence-electron chi connectivity index (χ0n) is 7.86. The van der Waals surface area contributed by atoms with Gasteiger partial charge >= 0.3 is 0 Å². The van der Waals surface area contributed by atoms with Gasteiger partial charge < -0.3 is 10.1 Å². The molecule has 1 N–H and O–H groups in total. The van der Waals surface area contributed by atoms with E-state index < -0.39 is 0 Å². The number of hydrogen-bond donors (Lipinski definition) is 1. The first kappa shape index (κ1) is 13.5. The van der Waals surface area contributed by atoms with Gasteiger partial charge in [0.2, 0.25) is 0 Å². The summed E-state index contributed by atoms with van der Waals surface area (Å²) in [5, 5.41) is 3.29. The topological polar surface area (TPSA) is 24.5 Å². The Hall–Kier alpha value is 0.460. The van der Waals surface area contributed by atoms with E-state index in [4.69, 9.17) is 4.74 Å². The summed E-state index contributed by atoms with van der Waals surface area (Å²) in [6.45, 7) is 4.72. The number of nitrogens with zero attached hydrogens (tertiary/aromatic N) is 1. The van der Waals surface area contributed by atoms with E-state index in [0.29, 0.717) is 6.10 Å². The Balaban J connectivity index is 0.000000720. The summed E-state index contributed by atoms with van der Waals surface area (Å²) in [6, 6.07) is 0.801. The predicted octanol–water partition coefficient (Wildman–Crippen LogP) is 0.522. The highest BCUT2D eigenvalue weighted by Gasteiger charge is 2.30. The minimum atomic E-state index is 0. The SMILES string of the molecule is COC1CCN(C2CNC2)C1.Cl.Cl. The number of hydrogen-bond acceptors (Lipinski definition) is 3. The average molecular weight is 229 g/mol. The van der Waals surface area contributed by atoms with Gasteiger partial charge in [-0.05, 0) is 6.42 Å². The van der Waals surface area contributed by atoms with Gasteiger partial charge in [0.25, 0.3) is 0 Å². The third-order valence-electron chi connectivity index (χ3n) is 2.79. The Morgan fingerprint density at radius 2 is 2.00 bits per heavy atom. The average Bonchev–Trinajstić information content (AvgIpc) is 2.32. The zero-order valence-corrected chi connectivity index (χ0v) is 9.50. The van der Waals surface area contributed by atoms with Gasteiger partial charge in [-0.2, -0.15) is 0 Å². The van der Waals surface area contributed by atoms with Gasteiger partial charge in [-0.3, -0.25) is 4.90 Å². The highest BCUT2D eigenvalue weighted by Crippen LogP contribution is 2.16. The van der Waals surface area contributed by atoms with E-state index in [2.05, 4.69) is 10.2 Å². The van der Waals surface area contributed by atoms with Crippen LogP contribution >= 0.6 is 24.8 Å². The molecule has 2 fully saturated rings. The number of halogens is 2. The molecule has 0 aromatic carbocycles. The highest BCUT2D eigenvalue weighted by atomic mass is 35.5. The number of rotatable bonds is 2. The van der Waals surface area contributed by atoms with Crippen molar-refractivity contribution in [2.75, 3.05) is 33.3 Å². The maximum Gasteiger partial charge on any atom is 0.0710 e. The molecule has 0 aromatic heterocycles. The lowest BCUT2D eigenvalue weighted by Gasteiger charge is -2.35. The van der Waals surface area contributed by atoms with Crippen LogP contribution in [0.15, 0.2) is 0 Å². The van der Waals surface area contributed by atoms with Gasteiger partial charge in [-0.25, -0.2) is 0 Å². The van der Waals surface area contributed by atoms with E-state index in [9.17, 15) is 0 Å². The third-order valence-corrected chi connectivity index (χ3v) is 2.79. The number of ether oxygens (including phenoxy) is 1. The first-order valence-corrected chi connectivity index (χ1v) is 4.37. The molecule has 0 aromatic rings. The van der Waals surface area contributed by atoms with Gasteiger partial charge in [-0.1, -0.05) is 0 Å². The summed E-state index contributed by atoms with van der Waals surface area (Å²) in [5.74, 6) is 0. The Labute approximate surface area is 92.0 Å². The van der Waals surface area contributed by atoms with Gasteiger partial charge in [-0.15, -0.1) is 24.8 Å². The van der Waals surface area contributed by atoms with Crippen molar-refractivity contribution < 1.29 is 4.74 Å². The predicted molar refractivity (Wildman–Crippen MR) is 58.1 cm³/mol. The fraction of sp³-hybridized carbons (Fsp3) is 1.00. The summed E-state index contributed by atoms with van der Waals surface area (Å²) >= 11 is 0. The summed E-state index contributed by atoms with van der Waals surface area (Å²) in [7, 11) is 1.81. The molecule has 0 amide bonds. The number of likely N-dealkylation sites (tertiary alicyclic amines) is 1. The normalized spacial score (nSPS) is 28.8. The minimum Gasteiger partial charge on any atom is -0.380 e. The second-order valence-corrected chi connectivity index (χ2v) is 3.45. The lowest BCUT2D eigenvalue weighted by atomic mass is 10.1. The Morgan fingerprint density at radius 3 is 2.38 bits per heavy atom. The molecule has 1 unspecified atom stereocenters. The maximum absolute atomic E-state index is 5.30. The van der Waals surface area contributed by atoms with Crippen molar-refractivity contribution in [1.82, 2.24) is 10.2 Å². The van der Waals surface area contributed by atoms with Crippen LogP contribution in [0, 0.1) is 0 Å². The quantitative estimate of drug-likeness (QED) is 0.747. The molecular formula is C8H18Cl2N2O. The zero-order chi connectivity index (χ0) is 7.68. The van der Waals surface area contributed by atoms with Crippen LogP contribution in [0.5, 0.6) is 0 Å².